The summed E-state index contributed by atoms with van der Waals surface area (Å²) in [5.41, 5.74) is 14.6. The highest BCUT2D eigenvalue weighted by atomic mass is 28.3. The zero-order chi connectivity index (χ0) is 47.9. The highest BCUT2D eigenvalue weighted by Crippen LogP contribution is 2.40. The van der Waals surface area contributed by atoms with Gasteiger partial charge in [0.25, 0.3) is 0 Å². The number of rotatable bonds is 10. The Morgan fingerprint density at radius 1 is 0.324 bits per heavy atom. The summed E-state index contributed by atoms with van der Waals surface area (Å²) >= 11 is 0. The molecule has 0 atom stereocenters. The van der Waals surface area contributed by atoms with Crippen LogP contribution in [0.15, 0.2) is 249 Å². The Labute approximate surface area is 416 Å². The molecule has 12 rings (SSSR count). The number of para-hydroxylation sites is 1. The normalized spacial score (nSPS) is 11.6. The fourth-order valence-corrected chi connectivity index (χ4v) is 15.9. The van der Waals surface area contributed by atoms with Gasteiger partial charge in [0.1, 0.15) is 0 Å². The number of aryl methyl sites for hydroxylation is 3. The predicted octanol–water partition coefficient (Wildman–Crippen LogP) is 13.6. The van der Waals surface area contributed by atoms with E-state index in [0.717, 1.165) is 44.5 Å². The fourth-order valence-electron chi connectivity index (χ4n) is 11.1. The van der Waals surface area contributed by atoms with Gasteiger partial charge in [0, 0.05) is 33.2 Å². The second-order valence-electron chi connectivity index (χ2n) is 18.6. The van der Waals surface area contributed by atoms with Crippen LogP contribution in [0.2, 0.25) is 0 Å². The van der Waals surface area contributed by atoms with Crippen molar-refractivity contribution in [3.8, 4) is 62.1 Å². The lowest BCUT2D eigenvalue weighted by Gasteiger charge is -2.34. The maximum Gasteiger partial charge on any atom is 0.179 e. The first-order chi connectivity index (χ1) is 34.9. The minimum absolute atomic E-state index is 0.609. The zero-order valence-electron chi connectivity index (χ0n) is 40.0. The molecule has 0 aliphatic carbocycles. The molecular formula is C66H50N4Si. The van der Waals surface area contributed by atoms with Crippen molar-refractivity contribution in [3.63, 3.8) is 0 Å². The Morgan fingerprint density at radius 3 is 1.38 bits per heavy atom. The van der Waals surface area contributed by atoms with Crippen molar-refractivity contribution in [2.75, 3.05) is 0 Å². The number of hydrogen-bond donors (Lipinski definition) is 0. The Hall–Kier alpha value is -8.77. The van der Waals surface area contributed by atoms with Crippen molar-refractivity contribution in [2.24, 2.45) is 0 Å². The van der Waals surface area contributed by atoms with Crippen LogP contribution in [0.1, 0.15) is 16.7 Å². The number of nitrogens with zero attached hydrogens (tertiary/aromatic N) is 4. The second-order valence-corrected chi connectivity index (χ2v) is 22.4. The summed E-state index contributed by atoms with van der Waals surface area (Å²) in [7, 11) is -2.90. The van der Waals surface area contributed by atoms with Crippen molar-refractivity contribution >= 4 is 50.6 Å². The van der Waals surface area contributed by atoms with E-state index in [-0.39, 0.29) is 0 Å². The summed E-state index contributed by atoms with van der Waals surface area (Å²) in [5, 5.41) is 7.67. The Kier molecular flexibility index (Phi) is 11.2. The van der Waals surface area contributed by atoms with Crippen LogP contribution < -0.4 is 20.7 Å². The van der Waals surface area contributed by atoms with Gasteiger partial charge in [0.15, 0.2) is 25.5 Å². The largest absolute Gasteiger partial charge is 0.309 e. The summed E-state index contributed by atoms with van der Waals surface area (Å²) in [5.74, 6) is 1.86. The van der Waals surface area contributed by atoms with Gasteiger partial charge in [-0.3, -0.25) is 0 Å². The average Bonchev–Trinajstić information content (AvgIpc) is 3.76. The summed E-state index contributed by atoms with van der Waals surface area (Å²) in [6.07, 6.45) is 0. The number of fused-ring (bicyclic) bond motifs is 3. The third kappa shape index (κ3) is 7.77. The molecule has 0 saturated carbocycles. The molecule has 4 nitrogen and oxygen atoms in total. The zero-order valence-corrected chi connectivity index (χ0v) is 41.0. The van der Waals surface area contributed by atoms with E-state index < -0.39 is 8.07 Å². The molecule has 0 radical (unpaired) electrons. The van der Waals surface area contributed by atoms with E-state index >= 15 is 0 Å². The standard InChI is InChI=1S/C66H50N4Si/c1-45-40-46(2)63(47(3)41-45)51-36-39-62-60(43-51)57-34-19-20-35-61(57)70(62)52-37-38-58(66-68-64(48-22-9-4-10-23-48)67-65(69-66)49-24-11-5-12-25-49)59(44-52)50-26-21-33-56(42-50)71(53-27-13-6-14-28-53,54-29-15-7-16-30-54)55-31-17-8-18-32-55/h4-44H,1-3H3. The van der Waals surface area contributed by atoms with Crippen LogP contribution >= 0.6 is 0 Å². The molecule has 2 heterocycles. The van der Waals surface area contributed by atoms with Gasteiger partial charge < -0.3 is 4.57 Å². The lowest BCUT2D eigenvalue weighted by Crippen LogP contribution is -2.74. The van der Waals surface area contributed by atoms with E-state index in [1.165, 1.54) is 59.3 Å². The van der Waals surface area contributed by atoms with Crippen molar-refractivity contribution in [3.05, 3.63) is 265 Å². The monoisotopic (exact) mass is 926 g/mol. The van der Waals surface area contributed by atoms with E-state index in [0.29, 0.717) is 17.5 Å². The van der Waals surface area contributed by atoms with Gasteiger partial charge >= 0.3 is 0 Å². The summed E-state index contributed by atoms with van der Waals surface area (Å²) in [6.45, 7) is 6.63. The lowest BCUT2D eigenvalue weighted by atomic mass is 9.93. The van der Waals surface area contributed by atoms with Crippen molar-refractivity contribution < 1.29 is 0 Å². The molecule has 0 N–H and O–H groups in total. The molecule has 338 valence electrons. The molecule has 2 aromatic heterocycles. The summed E-state index contributed by atoms with van der Waals surface area (Å²) in [6, 6.07) is 90.3. The smallest absolute Gasteiger partial charge is 0.179 e. The average molecular weight is 927 g/mol. The first-order valence-corrected chi connectivity index (χ1v) is 26.3. The first-order valence-electron chi connectivity index (χ1n) is 24.3. The van der Waals surface area contributed by atoms with E-state index in [4.69, 9.17) is 15.0 Å². The highest BCUT2D eigenvalue weighted by Gasteiger charge is 2.41. The third-order valence-electron chi connectivity index (χ3n) is 14.1. The summed E-state index contributed by atoms with van der Waals surface area (Å²) < 4.78 is 2.43. The van der Waals surface area contributed by atoms with Crippen LogP contribution in [0.5, 0.6) is 0 Å². The van der Waals surface area contributed by atoms with E-state index in [2.05, 4.69) is 238 Å². The van der Waals surface area contributed by atoms with Gasteiger partial charge in [-0.1, -0.05) is 218 Å². The van der Waals surface area contributed by atoms with Crippen molar-refractivity contribution in [2.45, 2.75) is 20.8 Å². The molecule has 0 fully saturated rings. The Balaban J connectivity index is 1.13. The van der Waals surface area contributed by atoms with Gasteiger partial charge in [-0.25, -0.2) is 15.0 Å². The molecule has 71 heavy (non-hydrogen) atoms. The molecule has 0 amide bonds. The molecule has 0 spiro atoms. The highest BCUT2D eigenvalue weighted by molar-refractivity contribution is 7.19. The van der Waals surface area contributed by atoms with Gasteiger partial charge in [-0.05, 0) is 111 Å². The van der Waals surface area contributed by atoms with Crippen LogP contribution in [-0.4, -0.2) is 27.6 Å². The second kappa shape index (κ2) is 18.3. The van der Waals surface area contributed by atoms with E-state index in [1.54, 1.807) is 0 Å². The van der Waals surface area contributed by atoms with Crippen LogP contribution in [0.3, 0.4) is 0 Å². The Bertz CT molecular complexity index is 3710. The molecule has 0 saturated heterocycles. The van der Waals surface area contributed by atoms with Gasteiger partial charge in [0.05, 0.1) is 11.0 Å². The molecule has 0 aliphatic rings. The Morgan fingerprint density at radius 2 is 0.803 bits per heavy atom. The third-order valence-corrected chi connectivity index (χ3v) is 18.8. The molecular weight excluding hydrogens is 877 g/mol. The molecule has 5 heteroatoms. The van der Waals surface area contributed by atoms with Crippen LogP contribution in [0, 0.1) is 20.8 Å². The number of benzene rings is 10. The molecule has 0 aliphatic heterocycles. The topological polar surface area (TPSA) is 43.6 Å². The van der Waals surface area contributed by atoms with Crippen molar-refractivity contribution in [1.29, 1.82) is 0 Å². The maximum atomic E-state index is 5.33. The summed E-state index contributed by atoms with van der Waals surface area (Å²) in [4.78, 5) is 15.8. The first kappa shape index (κ1) is 43.5. The molecule has 10 aromatic carbocycles. The van der Waals surface area contributed by atoms with E-state index in [1.807, 2.05) is 36.4 Å². The SMILES string of the molecule is Cc1cc(C)c(-c2ccc3c(c2)c2ccccc2n3-c2ccc(-c3nc(-c4ccccc4)nc(-c4ccccc4)n3)c(-c3cccc([Si](c4ccccc4)(c4ccccc4)c4ccccc4)c3)c2)c(C)c1. The van der Waals surface area contributed by atoms with Crippen LogP contribution in [-0.2, 0) is 0 Å². The van der Waals surface area contributed by atoms with Gasteiger partial charge in [-0.15, -0.1) is 0 Å². The molecule has 0 unspecified atom stereocenters. The van der Waals surface area contributed by atoms with Gasteiger partial charge in [0.2, 0.25) is 0 Å². The minimum Gasteiger partial charge on any atom is -0.309 e. The number of aromatic nitrogens is 4. The molecule has 12 aromatic rings. The number of hydrogen-bond acceptors (Lipinski definition) is 3. The minimum atomic E-state index is -2.90. The predicted molar refractivity (Wildman–Crippen MR) is 299 cm³/mol. The van der Waals surface area contributed by atoms with Crippen LogP contribution in [0.4, 0.5) is 0 Å². The van der Waals surface area contributed by atoms with E-state index in [9.17, 15) is 0 Å². The quantitative estimate of drug-likeness (QED) is 0.101. The fraction of sp³-hybridized carbons (Fsp3) is 0.0455. The lowest BCUT2D eigenvalue weighted by molar-refractivity contribution is 1.07. The van der Waals surface area contributed by atoms with Gasteiger partial charge in [-0.2, -0.15) is 0 Å². The molecule has 0 bridgehead atoms. The maximum absolute atomic E-state index is 5.33. The van der Waals surface area contributed by atoms with Crippen molar-refractivity contribution in [1.82, 2.24) is 19.5 Å². The van der Waals surface area contributed by atoms with Crippen LogP contribution in [0.25, 0.3) is 83.9 Å².